The Bertz CT molecular complexity index is 1160. The summed E-state index contributed by atoms with van der Waals surface area (Å²) in [5, 5.41) is 3.09. The van der Waals surface area contributed by atoms with Crippen LogP contribution in [0.5, 0.6) is 11.5 Å². The second kappa shape index (κ2) is 9.60. The third-order valence-electron chi connectivity index (χ3n) is 7.39. The van der Waals surface area contributed by atoms with Gasteiger partial charge < -0.3 is 24.6 Å². The zero-order valence-electron chi connectivity index (χ0n) is 20.2. The topological polar surface area (TPSA) is 88.2 Å². The van der Waals surface area contributed by atoms with Crippen molar-refractivity contribution in [2.24, 2.45) is 0 Å². The summed E-state index contributed by atoms with van der Waals surface area (Å²) < 4.78 is 11.0. The van der Waals surface area contributed by atoms with E-state index in [9.17, 15) is 14.4 Å². The highest BCUT2D eigenvalue weighted by Gasteiger charge is 2.46. The Morgan fingerprint density at radius 2 is 1.80 bits per heavy atom. The standard InChI is InChI=1S/C27H31N3O5/c1-34-21-15-19-20(16-22(21)35-2)27(33)30-14-10-17-7-3-4-8-18(17)25(30)24(19)26(32)28-11-6-13-29-12-5-9-23(29)31/h3-4,7-8,15-16,24-25H,5-6,9-14H2,1-2H3,(H,28,32)/t24-,25+/m0/s1. The normalized spacial score (nSPS) is 20.7. The first-order valence-corrected chi connectivity index (χ1v) is 12.2. The fourth-order valence-corrected chi connectivity index (χ4v) is 5.66. The molecule has 0 radical (unpaired) electrons. The molecule has 0 aliphatic carbocycles. The van der Waals surface area contributed by atoms with Gasteiger partial charge in [0.25, 0.3) is 5.91 Å². The van der Waals surface area contributed by atoms with Crippen LogP contribution in [0.2, 0.25) is 0 Å². The number of amides is 3. The van der Waals surface area contributed by atoms with Crippen LogP contribution in [-0.2, 0) is 16.0 Å². The molecule has 1 fully saturated rings. The fraction of sp³-hybridized carbons (Fsp3) is 0.444. The summed E-state index contributed by atoms with van der Waals surface area (Å²) in [6, 6.07) is 11.1. The number of hydrogen-bond acceptors (Lipinski definition) is 5. The maximum absolute atomic E-state index is 13.7. The molecule has 8 nitrogen and oxygen atoms in total. The molecule has 1 N–H and O–H groups in total. The molecule has 0 spiro atoms. The molecule has 1 saturated heterocycles. The van der Waals surface area contributed by atoms with E-state index in [4.69, 9.17) is 9.47 Å². The molecule has 0 unspecified atom stereocenters. The van der Waals surface area contributed by atoms with E-state index in [2.05, 4.69) is 11.4 Å². The van der Waals surface area contributed by atoms with Crippen molar-refractivity contribution in [1.29, 1.82) is 0 Å². The van der Waals surface area contributed by atoms with Gasteiger partial charge in [-0.3, -0.25) is 14.4 Å². The third kappa shape index (κ3) is 4.11. The van der Waals surface area contributed by atoms with Crippen LogP contribution in [0.4, 0.5) is 0 Å². The summed E-state index contributed by atoms with van der Waals surface area (Å²) in [6.07, 6.45) is 2.95. The summed E-state index contributed by atoms with van der Waals surface area (Å²) in [6.45, 7) is 2.45. The van der Waals surface area contributed by atoms with Crippen molar-refractivity contribution in [3.8, 4) is 11.5 Å². The number of ether oxygens (including phenoxy) is 2. The van der Waals surface area contributed by atoms with Crippen LogP contribution in [-0.4, -0.2) is 67.9 Å². The smallest absolute Gasteiger partial charge is 0.254 e. The second-order valence-electron chi connectivity index (χ2n) is 9.29. The van der Waals surface area contributed by atoms with Crippen molar-refractivity contribution >= 4 is 17.7 Å². The summed E-state index contributed by atoms with van der Waals surface area (Å²) in [5.74, 6) is 0.318. The van der Waals surface area contributed by atoms with Crippen LogP contribution >= 0.6 is 0 Å². The van der Waals surface area contributed by atoms with Crippen molar-refractivity contribution < 1.29 is 23.9 Å². The van der Waals surface area contributed by atoms with Gasteiger partial charge in [-0.05, 0) is 48.1 Å². The molecule has 2 atom stereocenters. The Morgan fingerprint density at radius 1 is 1.03 bits per heavy atom. The van der Waals surface area contributed by atoms with E-state index in [1.807, 2.05) is 28.0 Å². The number of methoxy groups -OCH3 is 2. The Balaban J connectivity index is 1.47. The molecule has 0 bridgehead atoms. The molecule has 0 saturated carbocycles. The third-order valence-corrected chi connectivity index (χ3v) is 7.39. The highest BCUT2D eigenvalue weighted by atomic mass is 16.5. The second-order valence-corrected chi connectivity index (χ2v) is 9.29. The Morgan fingerprint density at radius 3 is 2.54 bits per heavy atom. The maximum atomic E-state index is 13.7. The van der Waals surface area contributed by atoms with Crippen molar-refractivity contribution in [2.75, 3.05) is 40.4 Å². The number of fused-ring (bicyclic) bond motifs is 4. The molecule has 2 aromatic carbocycles. The summed E-state index contributed by atoms with van der Waals surface area (Å²) in [7, 11) is 3.08. The molecule has 3 heterocycles. The van der Waals surface area contributed by atoms with E-state index in [-0.39, 0.29) is 17.7 Å². The first kappa shape index (κ1) is 23.2. The lowest BCUT2D eigenvalue weighted by Crippen LogP contribution is -2.50. The molecule has 5 rings (SSSR count). The van der Waals surface area contributed by atoms with Gasteiger partial charge in [-0.15, -0.1) is 0 Å². The van der Waals surface area contributed by atoms with Gasteiger partial charge in [-0.2, -0.15) is 0 Å². The maximum Gasteiger partial charge on any atom is 0.254 e. The number of benzene rings is 2. The SMILES string of the molecule is COc1cc2c(cc1OC)[C@H](C(=O)NCCCN1CCCC1=O)[C@H]1c3ccccc3CCN1C2=O. The van der Waals surface area contributed by atoms with Gasteiger partial charge in [0, 0.05) is 38.2 Å². The molecular weight excluding hydrogens is 446 g/mol. The minimum absolute atomic E-state index is 0.1000. The van der Waals surface area contributed by atoms with Crippen LogP contribution in [0.25, 0.3) is 0 Å². The lowest BCUT2D eigenvalue weighted by Gasteiger charge is -2.45. The van der Waals surface area contributed by atoms with E-state index in [1.165, 1.54) is 7.11 Å². The largest absolute Gasteiger partial charge is 0.493 e. The van der Waals surface area contributed by atoms with E-state index in [0.29, 0.717) is 55.1 Å². The number of nitrogens with zero attached hydrogens (tertiary/aromatic N) is 2. The number of rotatable bonds is 7. The molecular formula is C27H31N3O5. The first-order chi connectivity index (χ1) is 17.0. The lowest BCUT2D eigenvalue weighted by molar-refractivity contribution is -0.127. The monoisotopic (exact) mass is 477 g/mol. The minimum atomic E-state index is -0.586. The van der Waals surface area contributed by atoms with Gasteiger partial charge >= 0.3 is 0 Å². The van der Waals surface area contributed by atoms with Crippen LogP contribution in [0.15, 0.2) is 36.4 Å². The van der Waals surface area contributed by atoms with Crippen molar-refractivity contribution in [3.63, 3.8) is 0 Å². The van der Waals surface area contributed by atoms with Crippen molar-refractivity contribution in [3.05, 3.63) is 58.7 Å². The van der Waals surface area contributed by atoms with Crippen LogP contribution in [0, 0.1) is 0 Å². The molecule has 3 aliphatic heterocycles. The predicted octanol–water partition coefficient (Wildman–Crippen LogP) is 2.67. The number of nitrogens with one attached hydrogen (secondary N) is 1. The lowest BCUT2D eigenvalue weighted by atomic mass is 9.75. The summed E-state index contributed by atoms with van der Waals surface area (Å²) in [4.78, 5) is 42.9. The van der Waals surface area contributed by atoms with Crippen molar-refractivity contribution in [1.82, 2.24) is 15.1 Å². The minimum Gasteiger partial charge on any atom is -0.493 e. The van der Waals surface area contributed by atoms with E-state index >= 15 is 0 Å². The van der Waals surface area contributed by atoms with Crippen LogP contribution < -0.4 is 14.8 Å². The molecule has 35 heavy (non-hydrogen) atoms. The zero-order valence-corrected chi connectivity index (χ0v) is 20.2. The van der Waals surface area contributed by atoms with Gasteiger partial charge in [-0.25, -0.2) is 0 Å². The molecule has 8 heteroatoms. The molecule has 0 aromatic heterocycles. The van der Waals surface area contributed by atoms with E-state index in [0.717, 1.165) is 30.5 Å². The van der Waals surface area contributed by atoms with E-state index in [1.54, 1.807) is 19.2 Å². The number of likely N-dealkylation sites (tertiary alicyclic amines) is 1. The van der Waals surface area contributed by atoms with Gasteiger partial charge in [-0.1, -0.05) is 24.3 Å². The van der Waals surface area contributed by atoms with Gasteiger partial charge in [0.05, 0.1) is 26.2 Å². The highest BCUT2D eigenvalue weighted by Crippen LogP contribution is 2.48. The number of hydrogen-bond donors (Lipinski definition) is 1. The van der Waals surface area contributed by atoms with Crippen molar-refractivity contribution in [2.45, 2.75) is 37.6 Å². The van der Waals surface area contributed by atoms with Gasteiger partial charge in [0.15, 0.2) is 11.5 Å². The summed E-state index contributed by atoms with van der Waals surface area (Å²) >= 11 is 0. The molecule has 2 aromatic rings. The fourth-order valence-electron chi connectivity index (χ4n) is 5.66. The quantitative estimate of drug-likeness (QED) is 0.620. The number of carbonyl (C=O) groups is 3. The predicted molar refractivity (Wildman–Crippen MR) is 130 cm³/mol. The Kier molecular flexibility index (Phi) is 6.36. The van der Waals surface area contributed by atoms with Gasteiger partial charge in [0.1, 0.15) is 0 Å². The zero-order chi connectivity index (χ0) is 24.5. The highest BCUT2D eigenvalue weighted by molar-refractivity contribution is 6.02. The Labute approximate surface area is 205 Å². The molecule has 3 amide bonds. The van der Waals surface area contributed by atoms with Crippen LogP contribution in [0.1, 0.15) is 58.3 Å². The van der Waals surface area contributed by atoms with E-state index < -0.39 is 12.0 Å². The van der Waals surface area contributed by atoms with Gasteiger partial charge in [0.2, 0.25) is 11.8 Å². The first-order valence-electron chi connectivity index (χ1n) is 12.2. The summed E-state index contributed by atoms with van der Waals surface area (Å²) in [5.41, 5.74) is 3.30. The number of carbonyl (C=O) groups excluding carboxylic acids is 3. The molecule has 3 aliphatic rings. The Hall–Kier alpha value is -3.55. The average Bonchev–Trinajstić information content (AvgIpc) is 3.30. The van der Waals surface area contributed by atoms with Crippen LogP contribution in [0.3, 0.4) is 0 Å². The average molecular weight is 478 g/mol. The molecule has 184 valence electrons.